The number of amides is 3. The van der Waals surface area contributed by atoms with E-state index in [1.165, 1.54) is 6.07 Å². The smallest absolute Gasteiger partial charge is 0.408 e. The molecule has 0 aliphatic rings. The van der Waals surface area contributed by atoms with Gasteiger partial charge in [-0.05, 0) is 54.0 Å². The summed E-state index contributed by atoms with van der Waals surface area (Å²) in [6, 6.07) is 4.00. The van der Waals surface area contributed by atoms with Crippen LogP contribution in [-0.2, 0) is 14.3 Å². The summed E-state index contributed by atoms with van der Waals surface area (Å²) in [4.78, 5) is 39.2. The molecule has 0 saturated heterocycles. The Morgan fingerprint density at radius 2 is 1.78 bits per heavy atom. The molecule has 1 aromatic rings. The van der Waals surface area contributed by atoms with Crippen LogP contribution in [0.2, 0.25) is 0 Å². The van der Waals surface area contributed by atoms with Gasteiger partial charge in [0.05, 0.1) is 6.61 Å². The molecular weight excluding hydrogens is 414 g/mol. The van der Waals surface area contributed by atoms with Gasteiger partial charge in [-0.1, -0.05) is 24.6 Å². The van der Waals surface area contributed by atoms with Crippen molar-refractivity contribution in [1.82, 2.24) is 15.5 Å². The van der Waals surface area contributed by atoms with Crippen LogP contribution in [0, 0.1) is 19.4 Å². The zero-order valence-corrected chi connectivity index (χ0v) is 19.6. The number of hydrogen-bond acceptors (Lipinski definition) is 6. The van der Waals surface area contributed by atoms with Crippen molar-refractivity contribution in [3.05, 3.63) is 29.3 Å². The summed E-state index contributed by atoms with van der Waals surface area (Å²) in [5.74, 6) is -1.76. The van der Waals surface area contributed by atoms with Gasteiger partial charge in [0.15, 0.2) is 6.04 Å². The van der Waals surface area contributed by atoms with Crippen molar-refractivity contribution in [2.24, 2.45) is 0 Å². The number of hydrogen-bond donors (Lipinski definition) is 4. The average molecular weight is 448 g/mol. The molecule has 0 heterocycles. The number of aromatic hydroxyl groups is 1. The van der Waals surface area contributed by atoms with Crippen molar-refractivity contribution in [2.45, 2.75) is 71.7 Å². The maximum Gasteiger partial charge on any atom is 0.408 e. The Kier molecular flexibility index (Phi) is 8.68. The number of nitrogens with one attached hydrogen (secondary N) is 2. The fourth-order valence-corrected chi connectivity index (χ4v) is 2.81. The van der Waals surface area contributed by atoms with Gasteiger partial charge < -0.3 is 25.6 Å². The van der Waals surface area contributed by atoms with Gasteiger partial charge in [-0.25, -0.2) is 4.79 Å². The first-order valence-corrected chi connectivity index (χ1v) is 10.1. The van der Waals surface area contributed by atoms with E-state index >= 15 is 0 Å². The number of nitrogens with zero attached hydrogens (tertiary/aromatic N) is 1. The lowest BCUT2D eigenvalue weighted by Gasteiger charge is -2.32. The molecule has 4 N–H and O–H groups in total. The van der Waals surface area contributed by atoms with Crippen LogP contribution in [0.4, 0.5) is 4.79 Å². The van der Waals surface area contributed by atoms with Gasteiger partial charge in [0, 0.05) is 17.1 Å². The zero-order valence-electron chi connectivity index (χ0n) is 19.6. The Morgan fingerprint density at radius 3 is 2.25 bits per heavy atom. The van der Waals surface area contributed by atoms with Crippen molar-refractivity contribution in [2.75, 3.05) is 6.61 Å². The Hall–Kier alpha value is -3.25. The van der Waals surface area contributed by atoms with Crippen LogP contribution in [0.1, 0.15) is 58.7 Å². The summed E-state index contributed by atoms with van der Waals surface area (Å²) in [7, 11) is 0. The van der Waals surface area contributed by atoms with Crippen molar-refractivity contribution < 1.29 is 29.3 Å². The van der Waals surface area contributed by atoms with Gasteiger partial charge in [0.2, 0.25) is 5.91 Å². The van der Waals surface area contributed by atoms with Crippen LogP contribution >= 0.6 is 0 Å². The van der Waals surface area contributed by atoms with E-state index in [-0.39, 0.29) is 11.3 Å². The summed E-state index contributed by atoms with van der Waals surface area (Å²) >= 11 is 0. The van der Waals surface area contributed by atoms with Crippen LogP contribution in [0.15, 0.2) is 18.2 Å². The number of phenolic OH excluding ortho intramolecular Hbond substituents is 1. The minimum Gasteiger partial charge on any atom is -0.507 e. The fraction of sp³-hybridized carbons (Fsp3) is 0.522. The summed E-state index contributed by atoms with van der Waals surface area (Å²) in [5, 5.41) is 25.3. The largest absolute Gasteiger partial charge is 0.507 e. The highest BCUT2D eigenvalue weighted by atomic mass is 16.6. The Labute approximate surface area is 189 Å². The second-order valence-corrected chi connectivity index (χ2v) is 9.37. The summed E-state index contributed by atoms with van der Waals surface area (Å²) in [6.45, 7) is 11.0. The number of alkyl carbamates (subject to hydrolysis) is 1. The molecule has 0 aliphatic carbocycles. The molecule has 3 amide bonds. The van der Waals surface area contributed by atoms with Crippen molar-refractivity contribution in [3.63, 3.8) is 0 Å². The standard InChI is InChI=1S/C23H33N3O6/c1-9-26(20(30)16(13-27)24-21(31)32-23(6,7)8)17(19(29)25-22(3,4)5)15-12-10-11-14(2)18(15)28/h1,10-12,16-17,27-28H,13H2,2-8H3,(H,24,31)(H,25,29). The number of phenols is 1. The number of aliphatic hydroxyl groups is 1. The highest BCUT2D eigenvalue weighted by molar-refractivity contribution is 5.94. The molecular formula is C23H33N3O6. The molecule has 0 radical (unpaired) electrons. The van der Waals surface area contributed by atoms with Crippen LogP contribution in [0.25, 0.3) is 0 Å². The number of terminal acetylenes is 1. The third kappa shape index (κ3) is 7.46. The Balaban J connectivity index is 3.40. The lowest BCUT2D eigenvalue weighted by molar-refractivity contribution is -0.139. The maximum absolute atomic E-state index is 13.2. The third-order valence-corrected chi connectivity index (χ3v) is 4.12. The van der Waals surface area contributed by atoms with Crippen LogP contribution in [-0.4, -0.2) is 56.8 Å². The first-order valence-electron chi connectivity index (χ1n) is 10.1. The van der Waals surface area contributed by atoms with Crippen LogP contribution < -0.4 is 10.6 Å². The monoisotopic (exact) mass is 447 g/mol. The summed E-state index contributed by atoms with van der Waals surface area (Å²) < 4.78 is 5.12. The first kappa shape index (κ1) is 26.8. The number of carbonyl (C=O) groups excluding carboxylic acids is 3. The minimum absolute atomic E-state index is 0.104. The predicted octanol–water partition coefficient (Wildman–Crippen LogP) is 1.96. The molecule has 1 aromatic carbocycles. The van der Waals surface area contributed by atoms with E-state index in [2.05, 4.69) is 16.7 Å². The van der Waals surface area contributed by atoms with Gasteiger partial charge >= 0.3 is 6.09 Å². The lowest BCUT2D eigenvalue weighted by atomic mass is 9.98. The number of ether oxygens (including phenoxy) is 1. The molecule has 2 unspecified atom stereocenters. The number of aliphatic hydroxyl groups excluding tert-OH is 1. The van der Waals surface area contributed by atoms with Gasteiger partial charge in [0.25, 0.3) is 5.91 Å². The predicted molar refractivity (Wildman–Crippen MR) is 119 cm³/mol. The van der Waals surface area contributed by atoms with E-state index in [1.54, 1.807) is 60.6 Å². The molecule has 0 aliphatic heterocycles. The van der Waals surface area contributed by atoms with E-state index in [0.717, 1.165) is 4.90 Å². The Bertz CT molecular complexity index is 892. The molecule has 32 heavy (non-hydrogen) atoms. The van der Waals surface area contributed by atoms with E-state index < -0.39 is 47.7 Å². The topological polar surface area (TPSA) is 128 Å². The normalized spacial score (nSPS) is 13.3. The number of para-hydroxylation sites is 1. The van der Waals surface area contributed by atoms with Crippen molar-refractivity contribution in [3.8, 4) is 18.2 Å². The average Bonchev–Trinajstić information content (AvgIpc) is 2.63. The van der Waals surface area contributed by atoms with Crippen molar-refractivity contribution >= 4 is 17.9 Å². The molecule has 0 saturated carbocycles. The lowest BCUT2D eigenvalue weighted by Crippen LogP contribution is -2.54. The second kappa shape index (κ2) is 10.4. The van der Waals surface area contributed by atoms with Crippen LogP contribution in [0.3, 0.4) is 0 Å². The molecule has 0 spiro atoms. The number of carbonyl (C=O) groups is 3. The van der Waals surface area contributed by atoms with Crippen LogP contribution in [0.5, 0.6) is 5.75 Å². The van der Waals surface area contributed by atoms with E-state index in [4.69, 9.17) is 11.2 Å². The van der Waals surface area contributed by atoms with E-state index in [9.17, 15) is 24.6 Å². The third-order valence-electron chi connectivity index (χ3n) is 4.12. The number of aryl methyl sites for hydroxylation is 1. The molecule has 2 atom stereocenters. The second-order valence-electron chi connectivity index (χ2n) is 9.37. The highest BCUT2D eigenvalue weighted by Crippen LogP contribution is 2.32. The van der Waals surface area contributed by atoms with Gasteiger partial charge in [-0.3, -0.25) is 14.5 Å². The van der Waals surface area contributed by atoms with Gasteiger partial charge in [-0.15, -0.1) is 0 Å². The summed E-state index contributed by atoms with van der Waals surface area (Å²) in [6.07, 6.45) is 4.66. The molecule has 0 fully saturated rings. The SMILES string of the molecule is C#CN(C(=O)C(CO)NC(=O)OC(C)(C)C)C(C(=O)NC(C)(C)C)c1cccc(C)c1O. The molecule has 9 heteroatoms. The zero-order chi connectivity index (χ0) is 24.9. The molecule has 176 valence electrons. The van der Waals surface area contributed by atoms with E-state index in [1.807, 2.05) is 0 Å². The van der Waals surface area contributed by atoms with Crippen molar-refractivity contribution in [1.29, 1.82) is 0 Å². The van der Waals surface area contributed by atoms with Gasteiger partial charge in [-0.2, -0.15) is 0 Å². The minimum atomic E-state index is -1.47. The number of rotatable bonds is 6. The first-order chi connectivity index (χ1) is 14.6. The Morgan fingerprint density at radius 1 is 1.19 bits per heavy atom. The maximum atomic E-state index is 13.2. The quantitative estimate of drug-likeness (QED) is 0.390. The highest BCUT2D eigenvalue weighted by Gasteiger charge is 2.38. The summed E-state index contributed by atoms with van der Waals surface area (Å²) in [5.41, 5.74) is -0.914. The molecule has 0 bridgehead atoms. The molecule has 0 aromatic heterocycles. The van der Waals surface area contributed by atoms with E-state index in [0.29, 0.717) is 5.56 Å². The molecule has 1 rings (SSSR count). The molecule has 9 nitrogen and oxygen atoms in total. The number of benzene rings is 1. The van der Waals surface area contributed by atoms with Gasteiger partial charge in [0.1, 0.15) is 17.4 Å². The fourth-order valence-electron chi connectivity index (χ4n) is 2.81.